The van der Waals surface area contributed by atoms with Gasteiger partial charge in [-0.2, -0.15) is 18.2 Å². The van der Waals surface area contributed by atoms with Crippen molar-refractivity contribution in [2.45, 2.75) is 19.0 Å². The zero-order valence-electron chi connectivity index (χ0n) is 20.7. The van der Waals surface area contributed by atoms with Gasteiger partial charge in [0.15, 0.2) is 0 Å². The topological polar surface area (TPSA) is 93.2 Å². The number of hydrogen-bond acceptors (Lipinski definition) is 7. The van der Waals surface area contributed by atoms with Crippen LogP contribution in [0.1, 0.15) is 29.2 Å². The molecule has 0 N–H and O–H groups in total. The number of carbonyl (C=O) groups excluding carboxylic acids is 1. The first-order chi connectivity index (χ1) is 17.6. The van der Waals surface area contributed by atoms with Crippen LogP contribution in [0.5, 0.6) is 0 Å². The quantitative estimate of drug-likeness (QED) is 0.396. The van der Waals surface area contributed by atoms with E-state index >= 15 is 0 Å². The normalized spacial score (nSPS) is 15.4. The number of likely N-dealkylation sites (tertiary alicyclic amines) is 1. The van der Waals surface area contributed by atoms with Crippen LogP contribution in [0.25, 0.3) is 33.7 Å². The molecule has 0 bridgehead atoms. The molecule has 0 spiro atoms. The van der Waals surface area contributed by atoms with E-state index in [1.165, 1.54) is 12.3 Å². The standard InChI is InChI=1S/C25H26F3N7O2/c1-33-8-5-15(6-9-33)14-34(2)23(36)20-12-17-11-19(30-13-21(17)35(20)3)18-10-16(4-7-29-18)22-31-24(37-32-22)25(26,27)28/h4,7,10-13,15H,5-6,8-9,14H2,1-3H3. The van der Waals surface area contributed by atoms with Crippen LogP contribution in [0.15, 0.2) is 41.2 Å². The highest BCUT2D eigenvalue weighted by Gasteiger charge is 2.38. The summed E-state index contributed by atoms with van der Waals surface area (Å²) < 4.78 is 44.7. The monoisotopic (exact) mass is 513 g/mol. The molecule has 4 aromatic heterocycles. The number of aryl methyl sites for hydroxylation is 1. The van der Waals surface area contributed by atoms with Crippen LogP contribution >= 0.6 is 0 Å². The minimum Gasteiger partial charge on any atom is -0.340 e. The summed E-state index contributed by atoms with van der Waals surface area (Å²) >= 11 is 0. The van der Waals surface area contributed by atoms with Gasteiger partial charge in [0.1, 0.15) is 5.69 Å². The summed E-state index contributed by atoms with van der Waals surface area (Å²) in [4.78, 5) is 29.6. The lowest BCUT2D eigenvalue weighted by molar-refractivity contribution is -0.159. The van der Waals surface area contributed by atoms with Crippen molar-refractivity contribution < 1.29 is 22.5 Å². The van der Waals surface area contributed by atoms with Crippen molar-refractivity contribution in [1.29, 1.82) is 0 Å². The Labute approximate surface area is 210 Å². The van der Waals surface area contributed by atoms with Gasteiger partial charge in [-0.25, -0.2) is 0 Å². The van der Waals surface area contributed by atoms with E-state index in [-0.39, 0.29) is 11.7 Å². The molecule has 37 heavy (non-hydrogen) atoms. The van der Waals surface area contributed by atoms with E-state index in [1.54, 1.807) is 23.2 Å². The zero-order chi connectivity index (χ0) is 26.3. The fourth-order valence-electron chi connectivity index (χ4n) is 4.65. The van der Waals surface area contributed by atoms with Gasteiger partial charge in [0, 0.05) is 37.8 Å². The Balaban J connectivity index is 1.38. The van der Waals surface area contributed by atoms with Crippen molar-refractivity contribution in [3.63, 3.8) is 0 Å². The largest absolute Gasteiger partial charge is 0.471 e. The van der Waals surface area contributed by atoms with Crippen molar-refractivity contribution in [3.05, 3.63) is 48.2 Å². The summed E-state index contributed by atoms with van der Waals surface area (Å²) in [6, 6.07) is 6.66. The number of pyridine rings is 2. The van der Waals surface area contributed by atoms with Crippen molar-refractivity contribution in [3.8, 4) is 22.8 Å². The molecule has 1 amide bonds. The molecule has 9 nitrogen and oxygen atoms in total. The van der Waals surface area contributed by atoms with E-state index in [0.29, 0.717) is 35.1 Å². The van der Waals surface area contributed by atoms with Gasteiger partial charge < -0.3 is 18.9 Å². The lowest BCUT2D eigenvalue weighted by Gasteiger charge is -2.31. The van der Waals surface area contributed by atoms with Crippen LogP contribution in [0.3, 0.4) is 0 Å². The Morgan fingerprint density at radius 2 is 1.86 bits per heavy atom. The van der Waals surface area contributed by atoms with Crippen molar-refractivity contribution in [1.82, 2.24) is 34.5 Å². The number of fused-ring (bicyclic) bond motifs is 1. The molecular formula is C25H26F3N7O2. The van der Waals surface area contributed by atoms with Gasteiger partial charge >= 0.3 is 12.1 Å². The third-order valence-corrected chi connectivity index (χ3v) is 6.81. The SMILES string of the molecule is CN1CCC(CN(C)C(=O)c2cc3cc(-c4cc(-c5noc(C(F)(F)F)n5)ccn4)ncc3n2C)CC1. The van der Waals surface area contributed by atoms with Gasteiger partial charge in [0.25, 0.3) is 5.91 Å². The van der Waals surface area contributed by atoms with Gasteiger partial charge in [-0.15, -0.1) is 0 Å². The van der Waals surface area contributed by atoms with Crippen LogP contribution in [0.2, 0.25) is 0 Å². The maximum absolute atomic E-state index is 13.3. The van der Waals surface area contributed by atoms with Gasteiger partial charge in [-0.05, 0) is 63.2 Å². The Morgan fingerprint density at radius 3 is 2.57 bits per heavy atom. The summed E-state index contributed by atoms with van der Waals surface area (Å²) in [7, 11) is 5.77. The number of rotatable bonds is 5. The Hall–Kier alpha value is -3.80. The Morgan fingerprint density at radius 1 is 1.14 bits per heavy atom. The van der Waals surface area contributed by atoms with Crippen LogP contribution in [0.4, 0.5) is 13.2 Å². The third kappa shape index (κ3) is 5.06. The number of aromatic nitrogens is 5. The smallest absolute Gasteiger partial charge is 0.340 e. The second-order valence-corrected chi connectivity index (χ2v) is 9.50. The highest BCUT2D eigenvalue weighted by molar-refractivity contribution is 5.99. The molecule has 12 heteroatoms. The van der Waals surface area contributed by atoms with E-state index in [2.05, 4.69) is 36.6 Å². The second kappa shape index (κ2) is 9.58. The summed E-state index contributed by atoms with van der Waals surface area (Å²) in [5, 5.41) is 4.23. The molecule has 4 aromatic rings. The molecule has 0 atom stereocenters. The molecule has 5 heterocycles. The average molecular weight is 514 g/mol. The maximum Gasteiger partial charge on any atom is 0.471 e. The predicted octanol–water partition coefficient (Wildman–Crippen LogP) is 4.12. The summed E-state index contributed by atoms with van der Waals surface area (Å²) in [6.07, 6.45) is 0.520. The average Bonchev–Trinajstić information content (AvgIpc) is 3.50. The maximum atomic E-state index is 13.3. The minimum atomic E-state index is -4.72. The molecule has 0 aliphatic carbocycles. The molecule has 1 saturated heterocycles. The predicted molar refractivity (Wildman–Crippen MR) is 129 cm³/mol. The molecular weight excluding hydrogens is 487 g/mol. The first kappa shape index (κ1) is 24.9. The lowest BCUT2D eigenvalue weighted by Crippen LogP contribution is -2.38. The van der Waals surface area contributed by atoms with Gasteiger partial charge in [0.2, 0.25) is 5.82 Å². The van der Waals surface area contributed by atoms with E-state index in [1.807, 2.05) is 24.7 Å². The number of piperidine rings is 1. The van der Waals surface area contributed by atoms with Crippen molar-refractivity contribution in [2.24, 2.45) is 13.0 Å². The first-order valence-electron chi connectivity index (χ1n) is 11.9. The summed E-state index contributed by atoms with van der Waals surface area (Å²) in [5.41, 5.74) is 2.57. The fraction of sp³-hybridized carbons (Fsp3) is 0.400. The molecule has 1 aliphatic rings. The fourth-order valence-corrected chi connectivity index (χ4v) is 4.65. The van der Waals surface area contributed by atoms with E-state index in [9.17, 15) is 18.0 Å². The van der Waals surface area contributed by atoms with Crippen molar-refractivity contribution >= 4 is 16.8 Å². The molecule has 0 unspecified atom stereocenters. The molecule has 1 fully saturated rings. The van der Waals surface area contributed by atoms with Gasteiger partial charge in [-0.3, -0.25) is 14.8 Å². The third-order valence-electron chi connectivity index (χ3n) is 6.81. The minimum absolute atomic E-state index is 0.0584. The van der Waals surface area contributed by atoms with Crippen LogP contribution in [0, 0.1) is 5.92 Å². The van der Waals surface area contributed by atoms with Crippen LogP contribution < -0.4 is 0 Å². The highest BCUT2D eigenvalue weighted by atomic mass is 19.4. The Bertz CT molecular complexity index is 1440. The van der Waals surface area contributed by atoms with Gasteiger partial charge in [0.05, 0.1) is 23.1 Å². The van der Waals surface area contributed by atoms with Crippen LogP contribution in [-0.2, 0) is 13.2 Å². The van der Waals surface area contributed by atoms with E-state index in [0.717, 1.165) is 36.8 Å². The molecule has 0 saturated carbocycles. The molecule has 194 valence electrons. The molecule has 0 radical (unpaired) electrons. The second-order valence-electron chi connectivity index (χ2n) is 9.50. The van der Waals surface area contributed by atoms with Gasteiger partial charge in [-0.1, -0.05) is 5.16 Å². The number of carbonyl (C=O) groups is 1. The van der Waals surface area contributed by atoms with Crippen LogP contribution in [-0.4, -0.2) is 74.1 Å². The first-order valence-corrected chi connectivity index (χ1v) is 11.9. The summed E-state index contributed by atoms with van der Waals surface area (Å²) in [5.74, 6) is -1.19. The molecule has 5 rings (SSSR count). The Kier molecular flexibility index (Phi) is 6.44. The lowest BCUT2D eigenvalue weighted by atomic mass is 9.96. The number of alkyl halides is 3. The molecule has 1 aliphatic heterocycles. The summed E-state index contributed by atoms with van der Waals surface area (Å²) in [6.45, 7) is 2.79. The van der Waals surface area contributed by atoms with E-state index in [4.69, 9.17) is 0 Å². The zero-order valence-corrected chi connectivity index (χ0v) is 20.7. The number of nitrogens with zero attached hydrogens (tertiary/aromatic N) is 7. The number of hydrogen-bond donors (Lipinski definition) is 0. The highest BCUT2D eigenvalue weighted by Crippen LogP contribution is 2.31. The van der Waals surface area contributed by atoms with E-state index < -0.39 is 12.1 Å². The number of halogens is 3. The van der Waals surface area contributed by atoms with Crippen molar-refractivity contribution in [2.75, 3.05) is 33.7 Å². The number of amides is 1. The molecule has 0 aromatic carbocycles.